The fraction of sp³-hybridized carbons (Fsp3) is 0.342. The number of benzene rings is 3. The van der Waals surface area contributed by atoms with Crippen LogP contribution in [0.4, 0.5) is 4.39 Å². The van der Waals surface area contributed by atoms with Crippen LogP contribution in [0, 0.1) is 5.82 Å². The third kappa shape index (κ3) is 11.2. The van der Waals surface area contributed by atoms with Gasteiger partial charge in [-0.1, -0.05) is 106 Å². The smallest absolute Gasteiger partial charge is 0.258 e. The minimum absolute atomic E-state index is 0.132. The Labute approximate surface area is 260 Å². The van der Waals surface area contributed by atoms with Crippen LogP contribution >= 0.6 is 0 Å². The van der Waals surface area contributed by atoms with E-state index in [0.29, 0.717) is 17.7 Å². The number of allylic oxidation sites excluding steroid dienone is 1. The Hall–Kier alpha value is -4.16. The van der Waals surface area contributed by atoms with Gasteiger partial charge in [0.15, 0.2) is 5.78 Å². The zero-order valence-electron chi connectivity index (χ0n) is 25.4. The van der Waals surface area contributed by atoms with Crippen molar-refractivity contribution in [1.29, 1.82) is 0 Å². The molecule has 0 aliphatic carbocycles. The van der Waals surface area contributed by atoms with E-state index >= 15 is 0 Å². The van der Waals surface area contributed by atoms with E-state index in [1.54, 1.807) is 6.08 Å². The van der Waals surface area contributed by atoms with Crippen molar-refractivity contribution in [3.63, 3.8) is 0 Å². The highest BCUT2D eigenvalue weighted by atomic mass is 19.1. The van der Waals surface area contributed by atoms with Crippen LogP contribution in [-0.4, -0.2) is 24.2 Å². The molecule has 0 spiro atoms. The van der Waals surface area contributed by atoms with Crippen LogP contribution in [0.1, 0.15) is 96.8 Å². The molecule has 4 rings (SSSR count). The minimum atomic E-state index is -0.364. The van der Waals surface area contributed by atoms with Crippen molar-refractivity contribution in [2.45, 2.75) is 77.2 Å². The minimum Gasteiger partial charge on any atom is -0.377 e. The third-order valence-corrected chi connectivity index (χ3v) is 7.83. The van der Waals surface area contributed by atoms with Crippen LogP contribution < -0.4 is 5.32 Å². The van der Waals surface area contributed by atoms with Gasteiger partial charge in [0.1, 0.15) is 5.82 Å². The number of nitrogens with one attached hydrogen (secondary N) is 1. The predicted molar refractivity (Wildman–Crippen MR) is 173 cm³/mol. The summed E-state index contributed by atoms with van der Waals surface area (Å²) in [6, 6.07) is 21.5. The van der Waals surface area contributed by atoms with E-state index in [-0.39, 0.29) is 23.4 Å². The van der Waals surface area contributed by atoms with Gasteiger partial charge in [-0.3, -0.25) is 19.7 Å². The number of hydrogen-bond acceptors (Lipinski definition) is 4. The number of carbonyl (C=O) groups excluding carboxylic acids is 3. The molecule has 6 heteroatoms. The fourth-order valence-electron chi connectivity index (χ4n) is 5.22. The maximum Gasteiger partial charge on any atom is 0.258 e. The monoisotopic (exact) mass is 595 g/mol. The first-order valence-electron chi connectivity index (χ1n) is 15.8. The maximum atomic E-state index is 13.0. The van der Waals surface area contributed by atoms with E-state index < -0.39 is 0 Å². The van der Waals surface area contributed by atoms with Crippen LogP contribution in [0.3, 0.4) is 0 Å². The normalized spacial score (nSPS) is 13.0. The van der Waals surface area contributed by atoms with Gasteiger partial charge in [-0.25, -0.2) is 4.39 Å². The molecular weight excluding hydrogens is 553 g/mol. The summed E-state index contributed by atoms with van der Waals surface area (Å²) >= 11 is 0. The van der Waals surface area contributed by atoms with E-state index in [9.17, 15) is 18.8 Å². The molecule has 1 N–H and O–H groups in total. The number of ketones is 1. The zero-order valence-corrected chi connectivity index (χ0v) is 25.4. The van der Waals surface area contributed by atoms with E-state index in [0.717, 1.165) is 36.1 Å². The lowest BCUT2D eigenvalue weighted by Crippen LogP contribution is -2.21. The van der Waals surface area contributed by atoms with Crippen molar-refractivity contribution in [2.24, 2.45) is 0 Å². The molecular formula is C38H42FNO4. The van der Waals surface area contributed by atoms with Crippen molar-refractivity contribution in [3.8, 4) is 0 Å². The fourth-order valence-corrected chi connectivity index (χ4v) is 5.22. The number of amides is 2. The summed E-state index contributed by atoms with van der Waals surface area (Å²) in [6.45, 7) is 1.30. The first-order chi connectivity index (χ1) is 21.5. The van der Waals surface area contributed by atoms with Gasteiger partial charge in [-0.15, -0.1) is 0 Å². The average Bonchev–Trinajstić information content (AvgIpc) is 3.38. The number of unbranched alkanes of at least 4 members (excludes halogenated alkanes) is 9. The molecule has 0 bridgehead atoms. The second kappa shape index (κ2) is 17.8. The molecule has 0 saturated heterocycles. The first-order valence-corrected chi connectivity index (χ1v) is 15.8. The van der Waals surface area contributed by atoms with Crippen LogP contribution in [0.2, 0.25) is 0 Å². The molecule has 0 fully saturated rings. The highest BCUT2D eigenvalue weighted by Gasteiger charge is 2.21. The third-order valence-electron chi connectivity index (χ3n) is 7.83. The summed E-state index contributed by atoms with van der Waals surface area (Å²) in [5.41, 5.74) is 4.99. The molecule has 230 valence electrons. The Morgan fingerprint density at radius 1 is 0.705 bits per heavy atom. The van der Waals surface area contributed by atoms with E-state index in [1.807, 2.05) is 36.4 Å². The van der Waals surface area contributed by atoms with Gasteiger partial charge in [0.2, 0.25) is 0 Å². The first kappa shape index (κ1) is 32.7. The standard InChI is InChI=1S/C38H42FNO4/c39-34-23-21-33(22-24-34)36(41)25-18-30-14-12-29(13-15-30)11-9-7-5-3-1-2-4-6-8-10-26-44-28-31-16-19-32(20-17-31)35-27-37(42)40-38(35)43/h12-25,27H,1-11,26,28H2,(H,40,42,43). The van der Waals surface area contributed by atoms with Crippen molar-refractivity contribution in [3.05, 3.63) is 119 Å². The maximum absolute atomic E-state index is 13.0. The topological polar surface area (TPSA) is 72.5 Å². The lowest BCUT2D eigenvalue weighted by Gasteiger charge is -2.06. The molecule has 5 nitrogen and oxygen atoms in total. The van der Waals surface area contributed by atoms with Gasteiger partial charge in [0.05, 0.1) is 12.2 Å². The number of imide groups is 1. The average molecular weight is 596 g/mol. The predicted octanol–water partition coefficient (Wildman–Crippen LogP) is 8.42. The van der Waals surface area contributed by atoms with E-state index in [4.69, 9.17) is 4.74 Å². The zero-order chi connectivity index (χ0) is 31.0. The Kier molecular flexibility index (Phi) is 13.3. The Bertz CT molecular complexity index is 1420. The molecule has 3 aromatic carbocycles. The summed E-state index contributed by atoms with van der Waals surface area (Å²) in [4.78, 5) is 35.3. The summed E-state index contributed by atoms with van der Waals surface area (Å²) in [7, 11) is 0. The number of aryl methyl sites for hydroxylation is 1. The molecule has 0 radical (unpaired) electrons. The summed E-state index contributed by atoms with van der Waals surface area (Å²) in [5.74, 6) is -1.19. The lowest BCUT2D eigenvalue weighted by molar-refractivity contribution is -0.123. The number of rotatable bonds is 19. The van der Waals surface area contributed by atoms with Crippen LogP contribution in [0.15, 0.2) is 84.9 Å². The van der Waals surface area contributed by atoms with Gasteiger partial charge < -0.3 is 4.74 Å². The van der Waals surface area contributed by atoms with E-state index in [2.05, 4.69) is 17.4 Å². The molecule has 1 heterocycles. The van der Waals surface area contributed by atoms with Crippen molar-refractivity contribution < 1.29 is 23.5 Å². The van der Waals surface area contributed by atoms with Crippen LogP contribution in [0.5, 0.6) is 0 Å². The van der Waals surface area contributed by atoms with E-state index in [1.165, 1.54) is 99.8 Å². The molecule has 0 aromatic heterocycles. The highest BCUT2D eigenvalue weighted by molar-refractivity contribution is 6.33. The van der Waals surface area contributed by atoms with Gasteiger partial charge in [-0.2, -0.15) is 0 Å². The van der Waals surface area contributed by atoms with Crippen molar-refractivity contribution in [2.75, 3.05) is 6.61 Å². The Morgan fingerprint density at radius 3 is 1.91 bits per heavy atom. The summed E-state index contributed by atoms with van der Waals surface area (Å²) < 4.78 is 18.8. The van der Waals surface area contributed by atoms with Gasteiger partial charge in [0.25, 0.3) is 11.8 Å². The molecule has 1 aliphatic heterocycles. The molecule has 2 amide bonds. The largest absolute Gasteiger partial charge is 0.377 e. The SMILES string of the molecule is O=C1C=C(c2ccc(COCCCCCCCCCCCCc3ccc(C=CC(=O)c4ccc(F)cc4)cc3)cc2)C(=O)N1. The molecule has 1 aliphatic rings. The van der Waals surface area contributed by atoms with Gasteiger partial charge >= 0.3 is 0 Å². The highest BCUT2D eigenvalue weighted by Crippen LogP contribution is 2.19. The summed E-state index contributed by atoms with van der Waals surface area (Å²) in [6.07, 6.45) is 18.2. The van der Waals surface area contributed by atoms with Crippen LogP contribution in [0.25, 0.3) is 11.6 Å². The second-order valence-electron chi connectivity index (χ2n) is 11.4. The van der Waals surface area contributed by atoms with Crippen molar-refractivity contribution >= 4 is 29.2 Å². The van der Waals surface area contributed by atoms with Crippen LogP contribution in [-0.2, 0) is 27.4 Å². The molecule has 0 saturated carbocycles. The quantitative estimate of drug-likeness (QED) is 0.0654. The number of hydrogen-bond donors (Lipinski definition) is 1. The number of halogens is 1. The number of carbonyl (C=O) groups is 3. The van der Waals surface area contributed by atoms with Gasteiger partial charge in [0, 0.05) is 18.2 Å². The lowest BCUT2D eigenvalue weighted by atomic mass is 10.0. The molecule has 0 unspecified atom stereocenters. The Balaban J connectivity index is 0.949. The molecule has 0 atom stereocenters. The molecule has 3 aromatic rings. The molecule has 44 heavy (non-hydrogen) atoms. The number of ether oxygens (including phenoxy) is 1. The van der Waals surface area contributed by atoms with Crippen molar-refractivity contribution in [1.82, 2.24) is 5.32 Å². The summed E-state index contributed by atoms with van der Waals surface area (Å²) in [5, 5.41) is 2.27. The Morgan fingerprint density at radius 2 is 1.30 bits per heavy atom. The van der Waals surface area contributed by atoms with Gasteiger partial charge in [-0.05, 0) is 71.9 Å². The second-order valence-corrected chi connectivity index (χ2v) is 11.4.